The summed E-state index contributed by atoms with van der Waals surface area (Å²) in [6.07, 6.45) is -3.66. The number of nitrogens with one attached hydrogen (secondary N) is 1. The van der Waals surface area contributed by atoms with E-state index < -0.39 is 23.8 Å². The Hall–Kier alpha value is -2.29. The Bertz CT molecular complexity index is 704. The van der Waals surface area contributed by atoms with Crippen molar-refractivity contribution in [3.05, 3.63) is 29.8 Å². The Kier molecular flexibility index (Phi) is 7.89. The van der Waals surface area contributed by atoms with E-state index in [1.54, 1.807) is 6.07 Å². The topological polar surface area (TPSA) is 61.9 Å². The summed E-state index contributed by atoms with van der Waals surface area (Å²) in [4.78, 5) is 28.1. The maximum absolute atomic E-state index is 12.9. The number of methoxy groups -OCH3 is 1. The molecule has 0 saturated carbocycles. The zero-order valence-corrected chi connectivity index (χ0v) is 17.0. The van der Waals surface area contributed by atoms with Gasteiger partial charge in [0, 0.05) is 31.9 Å². The summed E-state index contributed by atoms with van der Waals surface area (Å²) in [5.41, 5.74) is -0.151. The highest BCUT2D eigenvalue weighted by Gasteiger charge is 2.31. The molecule has 1 aromatic carbocycles. The van der Waals surface area contributed by atoms with Crippen molar-refractivity contribution < 1.29 is 27.5 Å². The minimum atomic E-state index is -4.37. The minimum absolute atomic E-state index is 0.0517. The number of carbonyl (C=O) groups excluding carboxylic acids is 2. The number of piperazine rings is 1. The lowest BCUT2D eigenvalue weighted by Crippen LogP contribution is -2.52. The SMILES string of the molecule is CC[C@H](C)[C@@H](NC(=O)CN1CCN(c2cccc(C(F)(F)F)c2)CC1)C(=O)OC. The van der Waals surface area contributed by atoms with Gasteiger partial charge in [0.15, 0.2) is 0 Å². The fourth-order valence-electron chi connectivity index (χ4n) is 3.26. The lowest BCUT2D eigenvalue weighted by molar-refractivity contribution is -0.146. The molecule has 0 spiro atoms. The number of esters is 1. The molecule has 0 radical (unpaired) electrons. The molecular weight excluding hydrogens is 387 g/mol. The molecule has 0 unspecified atom stereocenters. The summed E-state index contributed by atoms with van der Waals surface area (Å²) < 4.78 is 43.5. The summed E-state index contributed by atoms with van der Waals surface area (Å²) in [5, 5.41) is 2.74. The van der Waals surface area contributed by atoms with E-state index in [9.17, 15) is 22.8 Å². The van der Waals surface area contributed by atoms with E-state index in [4.69, 9.17) is 4.74 Å². The average molecular weight is 415 g/mol. The second kappa shape index (κ2) is 9.96. The second-order valence-electron chi connectivity index (χ2n) is 7.27. The van der Waals surface area contributed by atoms with Crippen molar-refractivity contribution in [1.29, 1.82) is 0 Å². The number of rotatable bonds is 7. The lowest BCUT2D eigenvalue weighted by atomic mass is 9.99. The largest absolute Gasteiger partial charge is 0.467 e. The van der Waals surface area contributed by atoms with Gasteiger partial charge in [-0.3, -0.25) is 9.69 Å². The number of hydrogen-bond donors (Lipinski definition) is 1. The van der Waals surface area contributed by atoms with Gasteiger partial charge in [0.1, 0.15) is 6.04 Å². The maximum atomic E-state index is 12.9. The van der Waals surface area contributed by atoms with Crippen LogP contribution in [0.4, 0.5) is 18.9 Å². The predicted octanol–water partition coefficient (Wildman–Crippen LogP) is 2.53. The number of ether oxygens (including phenoxy) is 1. The van der Waals surface area contributed by atoms with E-state index in [0.29, 0.717) is 31.9 Å². The Labute approximate surface area is 169 Å². The van der Waals surface area contributed by atoms with Crippen molar-refractivity contribution in [2.75, 3.05) is 44.7 Å². The molecule has 1 amide bonds. The first-order valence-corrected chi connectivity index (χ1v) is 9.67. The van der Waals surface area contributed by atoms with Gasteiger partial charge in [0.2, 0.25) is 5.91 Å². The molecule has 1 aliphatic rings. The molecular formula is C20H28F3N3O3. The Morgan fingerprint density at radius 3 is 2.41 bits per heavy atom. The van der Waals surface area contributed by atoms with Crippen molar-refractivity contribution in [1.82, 2.24) is 10.2 Å². The Morgan fingerprint density at radius 1 is 1.21 bits per heavy atom. The normalized spacial score (nSPS) is 17.5. The average Bonchev–Trinajstić information content (AvgIpc) is 2.71. The molecule has 2 rings (SSSR count). The highest BCUT2D eigenvalue weighted by molar-refractivity contribution is 5.85. The summed E-state index contributed by atoms with van der Waals surface area (Å²) in [6.45, 7) is 6.03. The third-order valence-electron chi connectivity index (χ3n) is 5.26. The molecule has 29 heavy (non-hydrogen) atoms. The molecule has 1 fully saturated rings. The highest BCUT2D eigenvalue weighted by atomic mass is 19.4. The third-order valence-corrected chi connectivity index (χ3v) is 5.26. The summed E-state index contributed by atoms with van der Waals surface area (Å²) in [6, 6.07) is 4.57. The van der Waals surface area contributed by atoms with Crippen molar-refractivity contribution in [2.45, 2.75) is 32.5 Å². The summed E-state index contributed by atoms with van der Waals surface area (Å²) in [5.74, 6) is -0.792. The van der Waals surface area contributed by atoms with Gasteiger partial charge in [0.05, 0.1) is 19.2 Å². The third kappa shape index (κ3) is 6.35. The lowest BCUT2D eigenvalue weighted by Gasteiger charge is -2.36. The van der Waals surface area contributed by atoms with Gasteiger partial charge >= 0.3 is 12.1 Å². The van der Waals surface area contributed by atoms with Crippen LogP contribution in [0.15, 0.2) is 24.3 Å². The molecule has 162 valence electrons. The van der Waals surface area contributed by atoms with Crippen molar-refractivity contribution in [2.24, 2.45) is 5.92 Å². The van der Waals surface area contributed by atoms with Gasteiger partial charge in [-0.25, -0.2) is 4.79 Å². The Balaban J connectivity index is 1.89. The first-order valence-electron chi connectivity index (χ1n) is 9.67. The van der Waals surface area contributed by atoms with Gasteiger partial charge in [-0.15, -0.1) is 0 Å². The van der Waals surface area contributed by atoms with E-state index in [-0.39, 0.29) is 18.4 Å². The number of anilines is 1. The van der Waals surface area contributed by atoms with E-state index >= 15 is 0 Å². The van der Waals surface area contributed by atoms with Gasteiger partial charge < -0.3 is 15.0 Å². The monoisotopic (exact) mass is 415 g/mol. The van der Waals surface area contributed by atoms with Crippen LogP contribution < -0.4 is 10.2 Å². The molecule has 1 aliphatic heterocycles. The summed E-state index contributed by atoms with van der Waals surface area (Å²) in [7, 11) is 1.29. The zero-order chi connectivity index (χ0) is 21.6. The van der Waals surface area contributed by atoms with Gasteiger partial charge in [0.25, 0.3) is 0 Å². The number of alkyl halides is 3. The second-order valence-corrected chi connectivity index (χ2v) is 7.27. The van der Waals surface area contributed by atoms with Crippen LogP contribution in [0.2, 0.25) is 0 Å². The van der Waals surface area contributed by atoms with Crippen LogP contribution in [-0.4, -0.2) is 62.7 Å². The molecule has 1 aromatic rings. The van der Waals surface area contributed by atoms with Gasteiger partial charge in [-0.2, -0.15) is 13.2 Å². The van der Waals surface area contributed by atoms with E-state index in [2.05, 4.69) is 5.32 Å². The van der Waals surface area contributed by atoms with Crippen LogP contribution in [0, 0.1) is 5.92 Å². The molecule has 0 bridgehead atoms. The Morgan fingerprint density at radius 2 is 1.86 bits per heavy atom. The number of amides is 1. The van der Waals surface area contributed by atoms with Crippen LogP contribution in [0.5, 0.6) is 0 Å². The maximum Gasteiger partial charge on any atom is 0.416 e. The van der Waals surface area contributed by atoms with Crippen molar-refractivity contribution >= 4 is 17.6 Å². The van der Waals surface area contributed by atoms with Crippen LogP contribution in [0.25, 0.3) is 0 Å². The van der Waals surface area contributed by atoms with Gasteiger partial charge in [-0.1, -0.05) is 26.3 Å². The fourth-order valence-corrected chi connectivity index (χ4v) is 3.26. The standard InChI is InChI=1S/C20H28F3N3O3/c1-4-14(2)18(19(28)29-3)24-17(27)13-25-8-10-26(11-9-25)16-7-5-6-15(12-16)20(21,22)23/h5-7,12,14,18H,4,8-11,13H2,1-3H3,(H,24,27)/t14-,18+/m0/s1. The van der Waals surface area contributed by atoms with Crippen LogP contribution in [-0.2, 0) is 20.5 Å². The molecule has 0 aromatic heterocycles. The molecule has 1 heterocycles. The number of carbonyl (C=O) groups is 2. The first kappa shape index (κ1) is 23.0. The zero-order valence-electron chi connectivity index (χ0n) is 17.0. The predicted molar refractivity (Wildman–Crippen MR) is 103 cm³/mol. The molecule has 2 atom stereocenters. The van der Waals surface area contributed by atoms with Crippen molar-refractivity contribution in [3.8, 4) is 0 Å². The van der Waals surface area contributed by atoms with Crippen LogP contribution in [0.3, 0.4) is 0 Å². The molecule has 0 aliphatic carbocycles. The smallest absolute Gasteiger partial charge is 0.416 e. The molecule has 1 saturated heterocycles. The van der Waals surface area contributed by atoms with E-state index in [1.165, 1.54) is 13.2 Å². The minimum Gasteiger partial charge on any atom is -0.467 e. The number of nitrogens with zero attached hydrogens (tertiary/aromatic N) is 2. The van der Waals surface area contributed by atoms with Crippen LogP contribution in [0.1, 0.15) is 25.8 Å². The molecule has 6 nitrogen and oxygen atoms in total. The summed E-state index contributed by atoms with van der Waals surface area (Å²) >= 11 is 0. The number of hydrogen-bond acceptors (Lipinski definition) is 5. The molecule has 9 heteroatoms. The van der Waals surface area contributed by atoms with E-state index in [0.717, 1.165) is 18.6 Å². The number of benzene rings is 1. The quantitative estimate of drug-likeness (QED) is 0.694. The highest BCUT2D eigenvalue weighted by Crippen LogP contribution is 2.31. The van der Waals surface area contributed by atoms with Gasteiger partial charge in [-0.05, 0) is 24.1 Å². The number of halogens is 3. The van der Waals surface area contributed by atoms with E-state index in [1.807, 2.05) is 23.6 Å². The van der Waals surface area contributed by atoms with Crippen LogP contribution >= 0.6 is 0 Å². The van der Waals surface area contributed by atoms with Crippen molar-refractivity contribution in [3.63, 3.8) is 0 Å². The molecule has 1 N–H and O–H groups in total. The first-order chi connectivity index (χ1) is 13.7. The fraction of sp³-hybridized carbons (Fsp3) is 0.600.